The van der Waals surface area contributed by atoms with Crippen LogP contribution in [0.3, 0.4) is 0 Å². The third kappa shape index (κ3) is 4.74. The number of anilines is 3. The number of nitrogens with one attached hydrogen (secondary N) is 2. The summed E-state index contributed by atoms with van der Waals surface area (Å²) in [5.41, 5.74) is 3.44. The molecule has 0 saturated carbocycles. The molecule has 1 fully saturated rings. The van der Waals surface area contributed by atoms with Gasteiger partial charge in [-0.25, -0.2) is 15.0 Å². The number of aromatic nitrogens is 6. The third-order valence-corrected chi connectivity index (χ3v) is 6.34. The number of nitrogens with zero attached hydrogens (tertiary/aromatic N) is 6. The first-order valence-electron chi connectivity index (χ1n) is 11.8. The van der Waals surface area contributed by atoms with Crippen molar-refractivity contribution in [2.75, 3.05) is 37.5 Å². The summed E-state index contributed by atoms with van der Waals surface area (Å²) in [6, 6.07) is 7.83. The van der Waals surface area contributed by atoms with Crippen LogP contribution in [0.1, 0.15) is 26.0 Å². The van der Waals surface area contributed by atoms with Crippen molar-refractivity contribution in [1.29, 1.82) is 0 Å². The van der Waals surface area contributed by atoms with Gasteiger partial charge in [-0.2, -0.15) is 0 Å². The van der Waals surface area contributed by atoms with E-state index >= 15 is 0 Å². The van der Waals surface area contributed by atoms with Crippen LogP contribution < -0.4 is 15.4 Å². The van der Waals surface area contributed by atoms with E-state index in [1.165, 1.54) is 0 Å². The molecular weight excluding hydrogens is 444 g/mol. The van der Waals surface area contributed by atoms with E-state index in [9.17, 15) is 0 Å². The standard InChI is InChI=1S/C25H30N8O2/c1-5-33-15-28-32-23(33)17-6-7-19(20(11-17)34-4)30-24-26-12-18-10-16(2)29-22(21(18)31-24)27-13-25(3)8-9-35-14-25/h6-7,10-12,15H,5,8-9,13-14H2,1-4H3,(H,27,29)(H,26,30,31). The molecule has 0 amide bonds. The molecule has 35 heavy (non-hydrogen) atoms. The van der Waals surface area contributed by atoms with Gasteiger partial charge < -0.3 is 24.7 Å². The number of rotatable bonds is 8. The number of pyridine rings is 1. The van der Waals surface area contributed by atoms with Crippen LogP contribution in [-0.4, -0.2) is 56.6 Å². The molecule has 4 aromatic rings. The lowest BCUT2D eigenvalue weighted by molar-refractivity contribution is 0.164. The molecule has 1 aromatic carbocycles. The highest BCUT2D eigenvalue weighted by atomic mass is 16.5. The summed E-state index contributed by atoms with van der Waals surface area (Å²) in [5, 5.41) is 16.0. The van der Waals surface area contributed by atoms with Crippen molar-refractivity contribution in [3.8, 4) is 17.1 Å². The van der Waals surface area contributed by atoms with Crippen LogP contribution in [0.15, 0.2) is 36.8 Å². The summed E-state index contributed by atoms with van der Waals surface area (Å²) in [6.07, 6.45) is 4.56. The Hall–Kier alpha value is -3.79. The van der Waals surface area contributed by atoms with Crippen molar-refractivity contribution in [1.82, 2.24) is 29.7 Å². The van der Waals surface area contributed by atoms with Crippen LogP contribution in [0, 0.1) is 12.3 Å². The lowest BCUT2D eigenvalue weighted by Gasteiger charge is -2.22. The fourth-order valence-corrected chi connectivity index (χ4v) is 4.27. The van der Waals surface area contributed by atoms with Crippen LogP contribution in [0.2, 0.25) is 0 Å². The molecule has 1 saturated heterocycles. The predicted molar refractivity (Wildman–Crippen MR) is 135 cm³/mol. The Morgan fingerprint density at radius 2 is 2.11 bits per heavy atom. The topological polar surface area (TPSA) is 112 Å². The maximum atomic E-state index is 5.65. The second-order valence-electron chi connectivity index (χ2n) is 9.19. The lowest BCUT2D eigenvalue weighted by Crippen LogP contribution is -2.27. The van der Waals surface area contributed by atoms with Gasteiger partial charge >= 0.3 is 0 Å². The average molecular weight is 475 g/mol. The molecule has 2 N–H and O–H groups in total. The smallest absolute Gasteiger partial charge is 0.227 e. The molecule has 10 nitrogen and oxygen atoms in total. The third-order valence-electron chi connectivity index (χ3n) is 6.34. The zero-order valence-electron chi connectivity index (χ0n) is 20.5. The van der Waals surface area contributed by atoms with Crippen molar-refractivity contribution >= 4 is 28.4 Å². The number of benzene rings is 1. The first kappa shape index (κ1) is 23.0. The Kier molecular flexibility index (Phi) is 6.21. The summed E-state index contributed by atoms with van der Waals surface area (Å²) in [5.74, 6) is 2.66. The highest BCUT2D eigenvalue weighted by Gasteiger charge is 2.29. The summed E-state index contributed by atoms with van der Waals surface area (Å²) in [4.78, 5) is 14.0. The van der Waals surface area contributed by atoms with Gasteiger partial charge in [0.05, 0.1) is 19.4 Å². The van der Waals surface area contributed by atoms with Gasteiger partial charge in [-0.15, -0.1) is 10.2 Å². The summed E-state index contributed by atoms with van der Waals surface area (Å²) in [7, 11) is 1.64. The van der Waals surface area contributed by atoms with Crippen molar-refractivity contribution in [3.63, 3.8) is 0 Å². The minimum absolute atomic E-state index is 0.0863. The van der Waals surface area contributed by atoms with Gasteiger partial charge in [0.25, 0.3) is 0 Å². The van der Waals surface area contributed by atoms with Gasteiger partial charge in [-0.05, 0) is 44.5 Å². The number of hydrogen-bond donors (Lipinski definition) is 2. The number of methoxy groups -OCH3 is 1. The fraction of sp³-hybridized carbons (Fsp3) is 0.400. The minimum atomic E-state index is 0.0863. The molecule has 0 aliphatic carbocycles. The van der Waals surface area contributed by atoms with Crippen LogP contribution >= 0.6 is 0 Å². The molecule has 1 atom stereocenters. The Morgan fingerprint density at radius 3 is 2.89 bits per heavy atom. The first-order valence-corrected chi connectivity index (χ1v) is 11.8. The maximum absolute atomic E-state index is 5.65. The minimum Gasteiger partial charge on any atom is -0.495 e. The normalized spacial score (nSPS) is 17.6. The van der Waals surface area contributed by atoms with Gasteiger partial charge in [0.2, 0.25) is 5.95 Å². The highest BCUT2D eigenvalue weighted by molar-refractivity contribution is 5.89. The molecule has 5 rings (SSSR count). The number of aryl methyl sites for hydroxylation is 2. The molecule has 1 aliphatic rings. The number of fused-ring (bicyclic) bond motifs is 1. The van der Waals surface area contributed by atoms with E-state index in [1.807, 2.05) is 42.0 Å². The van der Waals surface area contributed by atoms with Crippen LogP contribution in [0.4, 0.5) is 17.5 Å². The summed E-state index contributed by atoms with van der Waals surface area (Å²) in [6.45, 7) is 9.35. The number of hydrogen-bond acceptors (Lipinski definition) is 9. The molecule has 182 valence electrons. The van der Waals surface area contributed by atoms with E-state index in [-0.39, 0.29) is 5.41 Å². The van der Waals surface area contributed by atoms with E-state index in [2.05, 4.69) is 39.7 Å². The fourth-order valence-electron chi connectivity index (χ4n) is 4.27. The monoisotopic (exact) mass is 474 g/mol. The van der Waals surface area contributed by atoms with Crippen LogP contribution in [0.25, 0.3) is 22.3 Å². The van der Waals surface area contributed by atoms with E-state index in [0.717, 1.165) is 72.2 Å². The van der Waals surface area contributed by atoms with Crippen molar-refractivity contribution in [2.45, 2.75) is 33.7 Å². The second-order valence-corrected chi connectivity index (χ2v) is 9.19. The largest absolute Gasteiger partial charge is 0.495 e. The predicted octanol–water partition coefficient (Wildman–Crippen LogP) is 4.20. The maximum Gasteiger partial charge on any atom is 0.227 e. The molecule has 1 aliphatic heterocycles. The van der Waals surface area contributed by atoms with Gasteiger partial charge in [-0.1, -0.05) is 6.92 Å². The molecule has 1 unspecified atom stereocenters. The highest BCUT2D eigenvalue weighted by Crippen LogP contribution is 2.33. The summed E-state index contributed by atoms with van der Waals surface area (Å²) >= 11 is 0. The Bertz CT molecular complexity index is 1350. The van der Waals surface area contributed by atoms with Crippen LogP contribution in [-0.2, 0) is 11.3 Å². The Morgan fingerprint density at radius 1 is 1.23 bits per heavy atom. The van der Waals surface area contributed by atoms with E-state index < -0.39 is 0 Å². The molecule has 10 heteroatoms. The van der Waals surface area contributed by atoms with Crippen molar-refractivity contribution in [3.05, 3.63) is 42.5 Å². The number of ether oxygens (including phenoxy) is 2. The Balaban J connectivity index is 1.43. The van der Waals surface area contributed by atoms with Crippen molar-refractivity contribution < 1.29 is 9.47 Å². The molecule has 3 aromatic heterocycles. The van der Waals surface area contributed by atoms with E-state index in [1.54, 1.807) is 13.4 Å². The molecular formula is C25H30N8O2. The SMILES string of the molecule is CCn1cnnc1-c1ccc(Nc2ncc3cc(C)nc(NCC4(C)CCOC4)c3n2)c(OC)c1. The summed E-state index contributed by atoms with van der Waals surface area (Å²) < 4.78 is 13.2. The van der Waals surface area contributed by atoms with E-state index in [4.69, 9.17) is 19.4 Å². The lowest BCUT2D eigenvalue weighted by atomic mass is 9.90. The zero-order chi connectivity index (χ0) is 24.4. The van der Waals surface area contributed by atoms with Gasteiger partial charge in [0.15, 0.2) is 11.6 Å². The van der Waals surface area contributed by atoms with Gasteiger partial charge in [-0.3, -0.25) is 0 Å². The molecule has 0 bridgehead atoms. The van der Waals surface area contributed by atoms with Crippen molar-refractivity contribution in [2.24, 2.45) is 5.41 Å². The second kappa shape index (κ2) is 9.46. The Labute approximate surface area is 204 Å². The van der Waals surface area contributed by atoms with E-state index in [0.29, 0.717) is 11.7 Å². The molecule has 4 heterocycles. The zero-order valence-corrected chi connectivity index (χ0v) is 20.5. The first-order chi connectivity index (χ1) is 17.0. The average Bonchev–Trinajstić information content (AvgIpc) is 3.52. The molecule has 0 spiro atoms. The van der Waals surface area contributed by atoms with Gasteiger partial charge in [0, 0.05) is 48.0 Å². The quantitative estimate of drug-likeness (QED) is 0.388. The molecule has 0 radical (unpaired) electrons. The van der Waals surface area contributed by atoms with Gasteiger partial charge in [0.1, 0.15) is 17.6 Å². The van der Waals surface area contributed by atoms with Crippen LogP contribution in [0.5, 0.6) is 5.75 Å².